The van der Waals surface area contributed by atoms with Crippen LogP contribution in [0.15, 0.2) is 9.81 Å². The van der Waals surface area contributed by atoms with Gasteiger partial charge in [-0.3, -0.25) is 0 Å². The molecule has 47 valence electrons. The van der Waals surface area contributed by atoms with Crippen molar-refractivity contribution in [1.82, 2.24) is 0 Å². The van der Waals surface area contributed by atoms with Crippen molar-refractivity contribution in [2.45, 2.75) is 13.8 Å². The first-order chi connectivity index (χ1) is 4.70. The third kappa shape index (κ3) is 4.81. The Morgan fingerprint density at radius 2 is 2.00 bits per heavy atom. The predicted molar refractivity (Wildman–Crippen MR) is 51.8 cm³/mol. The quantitative estimate of drug-likeness (QED) is 0.311. The zero-order valence-corrected chi connectivity index (χ0v) is 7.13. The van der Waals surface area contributed by atoms with Gasteiger partial charge in [0, 0.05) is 18.6 Å². The van der Waals surface area contributed by atoms with E-state index in [4.69, 9.17) is 15.7 Å². The number of hydrogen-bond donors (Lipinski definition) is 0. The van der Waals surface area contributed by atoms with Crippen LogP contribution in [0.5, 0.6) is 0 Å². The summed E-state index contributed by atoms with van der Waals surface area (Å²) >= 11 is 0. The molecule has 0 saturated heterocycles. The fourth-order valence-corrected chi connectivity index (χ4v) is 1.17. The molecular formula is C4H7B3N2P. The van der Waals surface area contributed by atoms with Crippen LogP contribution in [0, 0.1) is 0 Å². The molecule has 0 aliphatic carbocycles. The van der Waals surface area contributed by atoms with E-state index in [0.29, 0.717) is 8.58 Å². The molecule has 0 N–H and O–H groups in total. The Bertz CT molecular complexity index is 157. The highest BCUT2D eigenvalue weighted by atomic mass is 31.1. The summed E-state index contributed by atoms with van der Waals surface area (Å²) in [7, 11) is 11.8. The van der Waals surface area contributed by atoms with Crippen molar-refractivity contribution in [2.75, 3.05) is 0 Å². The van der Waals surface area contributed by atoms with Crippen molar-refractivity contribution in [1.29, 1.82) is 0 Å². The monoisotopic (exact) mass is 147 g/mol. The standard InChI is InChI=1S/C4H7B3N2P/c1-3(8-6)10-4(2)9-7-5/h10H,1-2H3/b8-3+,9-4+. The second kappa shape index (κ2) is 5.73. The highest BCUT2D eigenvalue weighted by Gasteiger charge is 1.91. The predicted octanol–water partition coefficient (Wildman–Crippen LogP) is 0.288. The molecule has 6 heteroatoms. The van der Waals surface area contributed by atoms with Crippen LogP contribution in [0.25, 0.3) is 0 Å². The maximum atomic E-state index is 5.07. The molecule has 0 aliphatic rings. The molecule has 2 nitrogen and oxygen atoms in total. The van der Waals surface area contributed by atoms with Crippen LogP contribution in [0.3, 0.4) is 0 Å². The van der Waals surface area contributed by atoms with E-state index < -0.39 is 0 Å². The SMILES string of the molecule is [B][B]/N=C(\C)P/C(C)=N/[B]. The minimum atomic E-state index is 0.450. The first-order valence-electron chi connectivity index (χ1n) is 2.80. The molecule has 5 radical (unpaired) electrons. The average molecular weight is 147 g/mol. The maximum absolute atomic E-state index is 5.07. The molecule has 0 amide bonds. The van der Waals surface area contributed by atoms with Gasteiger partial charge in [0.2, 0.25) is 7.31 Å². The fraction of sp³-hybridized carbons (Fsp3) is 0.500. The van der Waals surface area contributed by atoms with E-state index in [9.17, 15) is 0 Å². The van der Waals surface area contributed by atoms with Crippen LogP contribution in [0.1, 0.15) is 13.8 Å². The van der Waals surface area contributed by atoms with E-state index in [1.54, 1.807) is 0 Å². The Labute approximate surface area is 66.9 Å². The molecule has 10 heavy (non-hydrogen) atoms. The largest absolute Gasteiger partial charge is 0.364 e. The minimum absolute atomic E-state index is 0.450. The molecule has 0 fully saturated rings. The second-order valence-electron chi connectivity index (χ2n) is 1.70. The molecule has 1 atom stereocenters. The summed E-state index contributed by atoms with van der Waals surface area (Å²) < 4.78 is 0. The van der Waals surface area contributed by atoms with E-state index in [1.165, 1.54) is 7.31 Å². The van der Waals surface area contributed by atoms with Gasteiger partial charge in [0.25, 0.3) is 7.98 Å². The molecule has 0 aromatic carbocycles. The third-order valence-electron chi connectivity index (χ3n) is 0.824. The van der Waals surface area contributed by atoms with Gasteiger partial charge in [-0.25, -0.2) is 0 Å². The molecule has 1 unspecified atom stereocenters. The Kier molecular flexibility index (Phi) is 5.71. The van der Waals surface area contributed by atoms with Gasteiger partial charge in [-0.05, 0) is 22.4 Å². The van der Waals surface area contributed by atoms with Gasteiger partial charge in [-0.15, -0.1) is 0 Å². The average Bonchev–Trinajstić information content (AvgIpc) is 1.88. The zero-order valence-electron chi connectivity index (χ0n) is 6.13. The van der Waals surface area contributed by atoms with E-state index in [-0.39, 0.29) is 0 Å². The molecule has 0 aromatic heterocycles. The van der Waals surface area contributed by atoms with Crippen molar-refractivity contribution in [3.8, 4) is 0 Å². The zero-order chi connectivity index (χ0) is 7.98. The highest BCUT2D eigenvalue weighted by molar-refractivity contribution is 7.74. The van der Waals surface area contributed by atoms with Gasteiger partial charge in [-0.2, -0.15) is 0 Å². The Morgan fingerprint density at radius 3 is 2.40 bits per heavy atom. The lowest BCUT2D eigenvalue weighted by Gasteiger charge is -1.98. The van der Waals surface area contributed by atoms with Crippen LogP contribution in [0.4, 0.5) is 0 Å². The number of nitrogens with zero attached hydrogens (tertiary/aromatic N) is 2. The minimum Gasteiger partial charge on any atom is -0.364 e. The third-order valence-corrected chi connectivity index (χ3v) is 1.81. The van der Waals surface area contributed by atoms with E-state index in [1.807, 2.05) is 13.8 Å². The Hall–Kier alpha value is -0.0352. The van der Waals surface area contributed by atoms with E-state index >= 15 is 0 Å². The molecular weight excluding hydrogens is 139 g/mol. The molecule has 0 saturated carbocycles. The van der Waals surface area contributed by atoms with Crippen molar-refractivity contribution in [3.63, 3.8) is 0 Å². The highest BCUT2D eigenvalue weighted by Crippen LogP contribution is 2.13. The van der Waals surface area contributed by atoms with Crippen molar-refractivity contribution < 1.29 is 0 Å². The lowest BCUT2D eigenvalue weighted by Crippen LogP contribution is -1.92. The van der Waals surface area contributed by atoms with Gasteiger partial charge in [0.15, 0.2) is 0 Å². The Morgan fingerprint density at radius 1 is 1.40 bits per heavy atom. The fourth-order valence-electron chi connectivity index (χ4n) is 0.438. The summed E-state index contributed by atoms with van der Waals surface area (Å²) in [5.41, 5.74) is 1.82. The first-order valence-corrected chi connectivity index (χ1v) is 3.80. The molecule has 0 rings (SSSR count). The van der Waals surface area contributed by atoms with Crippen LogP contribution in [-0.4, -0.2) is 33.9 Å². The van der Waals surface area contributed by atoms with Gasteiger partial charge in [-0.1, -0.05) is 0 Å². The lowest BCUT2D eigenvalue weighted by atomic mass is 9.68. The summed E-state index contributed by atoms with van der Waals surface area (Å²) in [6.45, 7) is 3.74. The molecule has 0 spiro atoms. The van der Waals surface area contributed by atoms with Crippen LogP contribution in [0.2, 0.25) is 0 Å². The van der Waals surface area contributed by atoms with E-state index in [2.05, 4.69) is 9.81 Å². The van der Waals surface area contributed by atoms with Crippen LogP contribution < -0.4 is 0 Å². The van der Waals surface area contributed by atoms with Crippen molar-refractivity contribution in [2.24, 2.45) is 9.81 Å². The summed E-state index contributed by atoms with van der Waals surface area (Å²) in [6, 6.07) is 0. The Balaban J connectivity index is 3.79. The molecule has 0 aliphatic heterocycles. The van der Waals surface area contributed by atoms with Crippen molar-refractivity contribution >= 4 is 42.5 Å². The van der Waals surface area contributed by atoms with Crippen molar-refractivity contribution in [3.05, 3.63) is 0 Å². The number of rotatable bonds is 3. The number of hydrogen-bond acceptors (Lipinski definition) is 2. The molecule has 0 aromatic rings. The normalized spacial score (nSPS) is 14.6. The van der Waals surface area contributed by atoms with Gasteiger partial charge in [0.1, 0.15) is 0 Å². The van der Waals surface area contributed by atoms with Gasteiger partial charge in [0.05, 0.1) is 0 Å². The topological polar surface area (TPSA) is 24.7 Å². The summed E-state index contributed by atoms with van der Waals surface area (Å²) in [5.74, 6) is 0. The summed E-state index contributed by atoms with van der Waals surface area (Å²) in [6.07, 6.45) is 0. The van der Waals surface area contributed by atoms with E-state index in [0.717, 1.165) is 10.9 Å². The smallest absolute Gasteiger partial charge is 0.259 e. The summed E-state index contributed by atoms with van der Waals surface area (Å²) in [4.78, 5) is 7.36. The molecule has 0 bridgehead atoms. The van der Waals surface area contributed by atoms with Gasteiger partial charge >= 0.3 is 0 Å². The molecule has 0 heterocycles. The first kappa shape index (κ1) is 9.96. The van der Waals surface area contributed by atoms with Crippen LogP contribution >= 0.6 is 8.58 Å². The summed E-state index contributed by atoms with van der Waals surface area (Å²) in [5, 5.41) is 0. The lowest BCUT2D eigenvalue weighted by molar-refractivity contribution is 1.81. The second-order valence-corrected chi connectivity index (χ2v) is 3.40. The van der Waals surface area contributed by atoms with Crippen LogP contribution in [-0.2, 0) is 0 Å². The maximum Gasteiger partial charge on any atom is 0.259 e. The van der Waals surface area contributed by atoms with Gasteiger partial charge < -0.3 is 9.81 Å².